The molecule has 1 saturated heterocycles. The number of nitrogens with zero attached hydrogens (tertiary/aromatic N) is 1. The molecule has 1 heterocycles. The van der Waals surface area contributed by atoms with E-state index in [0.717, 1.165) is 6.07 Å². The molecule has 0 aliphatic carbocycles. The molecule has 0 spiro atoms. The third-order valence-electron chi connectivity index (χ3n) is 2.99. The number of rotatable bonds is 3. The van der Waals surface area contributed by atoms with Crippen molar-refractivity contribution in [3.8, 4) is 0 Å². The Morgan fingerprint density at radius 3 is 2.47 bits per heavy atom. The van der Waals surface area contributed by atoms with Gasteiger partial charge in [-0.1, -0.05) is 6.07 Å². The monoisotopic (exact) mass is 306 g/mol. The quantitative estimate of drug-likeness (QED) is 0.855. The highest BCUT2D eigenvalue weighted by molar-refractivity contribution is 7.89. The van der Waals surface area contributed by atoms with Gasteiger partial charge < -0.3 is 5.73 Å². The van der Waals surface area contributed by atoms with Crippen LogP contribution < -0.4 is 5.73 Å². The van der Waals surface area contributed by atoms with Crippen LogP contribution in [0.4, 0.5) is 4.39 Å². The Bertz CT molecular complexity index is 594. The molecular weight excluding hydrogens is 291 g/mol. The van der Waals surface area contributed by atoms with Crippen LogP contribution in [0.25, 0.3) is 0 Å². The molecule has 1 aromatic carbocycles. The Morgan fingerprint density at radius 1 is 1.32 bits per heavy atom. The zero-order chi connectivity index (χ0) is 14.0. The fourth-order valence-electron chi connectivity index (χ4n) is 1.88. The van der Waals surface area contributed by atoms with Crippen LogP contribution in [0.1, 0.15) is 5.56 Å². The molecule has 1 fully saturated rings. The molecule has 0 bridgehead atoms. The van der Waals surface area contributed by atoms with Gasteiger partial charge in [0.05, 0.1) is 0 Å². The van der Waals surface area contributed by atoms with Gasteiger partial charge in [-0.25, -0.2) is 12.8 Å². The second kappa shape index (κ2) is 5.66. The van der Waals surface area contributed by atoms with E-state index in [1.54, 1.807) is 0 Å². The van der Waals surface area contributed by atoms with Crippen LogP contribution in [0.2, 0.25) is 0 Å². The van der Waals surface area contributed by atoms with E-state index in [4.69, 9.17) is 5.73 Å². The van der Waals surface area contributed by atoms with Gasteiger partial charge in [0.15, 0.2) is 0 Å². The molecule has 2 N–H and O–H groups in total. The summed E-state index contributed by atoms with van der Waals surface area (Å²) in [5.74, 6) is -0.210. The topological polar surface area (TPSA) is 80.5 Å². The number of hydrogen-bond donors (Lipinski definition) is 1. The van der Waals surface area contributed by atoms with Crippen molar-refractivity contribution in [1.29, 1.82) is 0 Å². The van der Waals surface area contributed by atoms with E-state index in [-0.39, 0.29) is 24.5 Å². The summed E-state index contributed by atoms with van der Waals surface area (Å²) in [6, 6.07) is 3.87. The molecule has 1 aromatic rings. The van der Waals surface area contributed by atoms with E-state index in [2.05, 4.69) is 0 Å². The van der Waals surface area contributed by atoms with Gasteiger partial charge in [0, 0.05) is 41.9 Å². The van der Waals surface area contributed by atoms with E-state index in [1.807, 2.05) is 0 Å². The molecule has 19 heavy (non-hydrogen) atoms. The van der Waals surface area contributed by atoms with Crippen LogP contribution in [-0.4, -0.2) is 41.5 Å². The largest absolute Gasteiger partial charge is 0.326 e. The summed E-state index contributed by atoms with van der Waals surface area (Å²) in [5, 5.41) is 0. The van der Waals surface area contributed by atoms with Crippen molar-refractivity contribution in [2.45, 2.75) is 11.4 Å². The van der Waals surface area contributed by atoms with Gasteiger partial charge in [-0.3, -0.25) is 4.21 Å². The lowest BCUT2D eigenvalue weighted by atomic mass is 10.2. The maximum Gasteiger partial charge on any atom is 0.246 e. The van der Waals surface area contributed by atoms with Crippen LogP contribution in [0.3, 0.4) is 0 Å². The van der Waals surface area contributed by atoms with Gasteiger partial charge in [0.2, 0.25) is 10.0 Å². The van der Waals surface area contributed by atoms with Crippen LogP contribution in [0, 0.1) is 5.82 Å². The van der Waals surface area contributed by atoms with E-state index in [0.29, 0.717) is 17.1 Å². The van der Waals surface area contributed by atoms with Crippen molar-refractivity contribution >= 4 is 20.8 Å². The lowest BCUT2D eigenvalue weighted by molar-refractivity contribution is 0.434. The highest BCUT2D eigenvalue weighted by Crippen LogP contribution is 2.21. The molecule has 106 valence electrons. The van der Waals surface area contributed by atoms with Crippen LogP contribution in [-0.2, 0) is 27.4 Å². The first-order valence-corrected chi connectivity index (χ1v) is 8.71. The van der Waals surface area contributed by atoms with E-state index in [1.165, 1.54) is 16.4 Å². The summed E-state index contributed by atoms with van der Waals surface area (Å²) in [7, 11) is -4.84. The van der Waals surface area contributed by atoms with Crippen molar-refractivity contribution in [2.75, 3.05) is 24.6 Å². The highest BCUT2D eigenvalue weighted by Gasteiger charge is 2.30. The zero-order valence-electron chi connectivity index (χ0n) is 10.2. The average Bonchev–Trinajstić information content (AvgIpc) is 2.38. The number of hydrogen-bond acceptors (Lipinski definition) is 4. The molecule has 5 nitrogen and oxygen atoms in total. The molecular formula is C11H15FN2O3S2. The van der Waals surface area contributed by atoms with E-state index in [9.17, 15) is 17.0 Å². The second-order valence-electron chi connectivity index (χ2n) is 4.22. The molecule has 0 radical (unpaired) electrons. The minimum atomic E-state index is -3.86. The van der Waals surface area contributed by atoms with Crippen molar-refractivity contribution < 1.29 is 17.0 Å². The SMILES string of the molecule is NCc1ccc(S(=O)(=O)N2CCS(=O)CC2)c(F)c1. The van der Waals surface area contributed by atoms with Crippen LogP contribution >= 0.6 is 0 Å². The summed E-state index contributed by atoms with van der Waals surface area (Å²) in [5.41, 5.74) is 5.91. The molecule has 1 aliphatic heterocycles. The Hall–Kier alpha value is -0.830. The predicted molar refractivity (Wildman–Crippen MR) is 70.9 cm³/mol. The molecule has 0 aromatic heterocycles. The number of nitrogens with two attached hydrogens (primary N) is 1. The van der Waals surface area contributed by atoms with Crippen molar-refractivity contribution in [3.63, 3.8) is 0 Å². The zero-order valence-corrected chi connectivity index (χ0v) is 11.8. The number of halogens is 1. The molecule has 8 heteroatoms. The number of benzene rings is 1. The fourth-order valence-corrected chi connectivity index (χ4v) is 4.65. The van der Waals surface area contributed by atoms with Gasteiger partial charge in [-0.05, 0) is 17.7 Å². The van der Waals surface area contributed by atoms with Crippen molar-refractivity contribution in [3.05, 3.63) is 29.6 Å². The Balaban J connectivity index is 2.31. The normalized spacial score (nSPS) is 18.6. The summed E-state index contributed by atoms with van der Waals surface area (Å²) in [6.45, 7) is 0.472. The first-order chi connectivity index (χ1) is 8.95. The van der Waals surface area contributed by atoms with Gasteiger partial charge in [-0.15, -0.1) is 0 Å². The first-order valence-electron chi connectivity index (χ1n) is 5.79. The third kappa shape index (κ3) is 3.02. The van der Waals surface area contributed by atoms with Gasteiger partial charge in [0.25, 0.3) is 0 Å². The van der Waals surface area contributed by atoms with Crippen LogP contribution in [0.15, 0.2) is 23.1 Å². The van der Waals surface area contributed by atoms with Gasteiger partial charge in [-0.2, -0.15) is 4.31 Å². The summed E-state index contributed by atoms with van der Waals surface area (Å²) < 4.78 is 50.8. The molecule has 0 amide bonds. The highest BCUT2D eigenvalue weighted by atomic mass is 32.2. The molecule has 0 unspecified atom stereocenters. The van der Waals surface area contributed by atoms with Gasteiger partial charge >= 0.3 is 0 Å². The lowest BCUT2D eigenvalue weighted by Gasteiger charge is -2.25. The van der Waals surface area contributed by atoms with E-state index >= 15 is 0 Å². The molecule has 2 rings (SSSR count). The lowest BCUT2D eigenvalue weighted by Crippen LogP contribution is -2.42. The van der Waals surface area contributed by atoms with Crippen molar-refractivity contribution in [1.82, 2.24) is 4.31 Å². The minimum Gasteiger partial charge on any atom is -0.326 e. The fraction of sp³-hybridized carbons (Fsp3) is 0.455. The molecule has 1 aliphatic rings. The standard InChI is InChI=1S/C11H15FN2O3S2/c12-10-7-9(8-13)1-2-11(10)19(16,17)14-3-5-18(15)6-4-14/h1-2,7H,3-6,8,13H2. The maximum absolute atomic E-state index is 13.8. The smallest absolute Gasteiger partial charge is 0.246 e. The maximum atomic E-state index is 13.8. The molecule has 0 saturated carbocycles. The summed E-state index contributed by atoms with van der Waals surface area (Å²) >= 11 is 0. The Morgan fingerprint density at radius 2 is 1.95 bits per heavy atom. The third-order valence-corrected chi connectivity index (χ3v) is 6.19. The number of sulfonamides is 1. The Kier molecular flexibility index (Phi) is 4.34. The average molecular weight is 306 g/mol. The molecule has 0 atom stereocenters. The van der Waals surface area contributed by atoms with Crippen molar-refractivity contribution in [2.24, 2.45) is 5.73 Å². The minimum absolute atomic E-state index is 0.153. The van der Waals surface area contributed by atoms with Gasteiger partial charge in [0.1, 0.15) is 10.7 Å². The summed E-state index contributed by atoms with van der Waals surface area (Å²) in [6.07, 6.45) is 0. The van der Waals surface area contributed by atoms with E-state index < -0.39 is 26.6 Å². The Labute approximate surface area is 114 Å². The second-order valence-corrected chi connectivity index (χ2v) is 7.82. The summed E-state index contributed by atoms with van der Waals surface area (Å²) in [4.78, 5) is -0.350. The first kappa shape index (κ1) is 14.6. The predicted octanol–water partition coefficient (Wildman–Crippen LogP) is 0.0374. The van der Waals surface area contributed by atoms with Crippen LogP contribution in [0.5, 0.6) is 0 Å².